The largest absolute Gasteiger partial charge is 0.478 e. The normalized spacial score (nSPS) is 10.2. The van der Waals surface area contributed by atoms with E-state index in [0.29, 0.717) is 15.8 Å². The molecule has 0 aliphatic heterocycles. The predicted molar refractivity (Wildman–Crippen MR) is 82.2 cm³/mol. The molecule has 0 amide bonds. The molecule has 2 aromatic carbocycles. The molecule has 2 aromatic rings. The van der Waals surface area contributed by atoms with Gasteiger partial charge in [0, 0.05) is 10.5 Å². The van der Waals surface area contributed by atoms with Gasteiger partial charge < -0.3 is 10.4 Å². The Balaban J connectivity index is 2.44. The van der Waals surface area contributed by atoms with E-state index in [1.165, 1.54) is 18.2 Å². The second-order valence-corrected chi connectivity index (χ2v) is 5.21. The summed E-state index contributed by atoms with van der Waals surface area (Å²) in [6.07, 6.45) is 0. The summed E-state index contributed by atoms with van der Waals surface area (Å²) >= 11 is 3.26. The Morgan fingerprint density at radius 3 is 2.62 bits per heavy atom. The van der Waals surface area contributed by atoms with Gasteiger partial charge in [-0.25, -0.2) is 4.79 Å². The summed E-state index contributed by atoms with van der Waals surface area (Å²) in [6.45, 7) is 1.76. The maximum atomic E-state index is 11.1. The van der Waals surface area contributed by atoms with Crippen LogP contribution < -0.4 is 5.32 Å². The molecule has 2 rings (SSSR count). The van der Waals surface area contributed by atoms with Crippen LogP contribution >= 0.6 is 15.9 Å². The van der Waals surface area contributed by atoms with E-state index in [1.807, 2.05) is 0 Å². The SMILES string of the molecule is Cc1cccc([N+](=O)[O-])c1Nc1ccc(C(=O)O)cc1Br. The molecule has 0 aliphatic rings. The van der Waals surface area contributed by atoms with Crippen molar-refractivity contribution in [3.63, 3.8) is 0 Å². The summed E-state index contributed by atoms with van der Waals surface area (Å²) in [5.41, 5.74) is 1.75. The number of carbonyl (C=O) groups is 1. The van der Waals surface area contributed by atoms with Crippen LogP contribution in [0, 0.1) is 17.0 Å². The first-order chi connectivity index (χ1) is 9.90. The number of carboxylic acids is 1. The maximum Gasteiger partial charge on any atom is 0.335 e. The third-order valence-electron chi connectivity index (χ3n) is 2.92. The minimum atomic E-state index is -1.04. The molecule has 6 nitrogen and oxygen atoms in total. The lowest BCUT2D eigenvalue weighted by molar-refractivity contribution is -0.384. The predicted octanol–water partition coefficient (Wildman–Crippen LogP) is 4.11. The Kier molecular flexibility index (Phi) is 4.23. The van der Waals surface area contributed by atoms with E-state index >= 15 is 0 Å². The Labute approximate surface area is 128 Å². The summed E-state index contributed by atoms with van der Waals surface area (Å²) in [7, 11) is 0. The zero-order chi connectivity index (χ0) is 15.6. The number of nitro groups is 1. The average molecular weight is 351 g/mol. The molecule has 0 unspecified atom stereocenters. The highest BCUT2D eigenvalue weighted by molar-refractivity contribution is 9.10. The zero-order valence-electron chi connectivity index (χ0n) is 11.0. The van der Waals surface area contributed by atoms with Crippen LogP contribution in [-0.4, -0.2) is 16.0 Å². The van der Waals surface area contributed by atoms with Crippen LogP contribution in [-0.2, 0) is 0 Å². The Morgan fingerprint density at radius 2 is 2.05 bits per heavy atom. The minimum Gasteiger partial charge on any atom is -0.478 e. The Hall–Kier alpha value is -2.41. The summed E-state index contributed by atoms with van der Waals surface area (Å²) in [5.74, 6) is -1.04. The third kappa shape index (κ3) is 3.19. The fourth-order valence-corrected chi connectivity index (χ4v) is 2.33. The highest BCUT2D eigenvalue weighted by Crippen LogP contribution is 2.33. The van der Waals surface area contributed by atoms with Crippen LogP contribution in [0.1, 0.15) is 15.9 Å². The average Bonchev–Trinajstić information content (AvgIpc) is 2.42. The smallest absolute Gasteiger partial charge is 0.335 e. The number of benzene rings is 2. The van der Waals surface area contributed by atoms with Crippen molar-refractivity contribution >= 4 is 39.0 Å². The number of nitro benzene ring substituents is 1. The van der Waals surface area contributed by atoms with Crippen molar-refractivity contribution in [2.45, 2.75) is 6.92 Å². The number of anilines is 2. The van der Waals surface area contributed by atoms with Crippen molar-refractivity contribution in [3.8, 4) is 0 Å². The quantitative estimate of drug-likeness (QED) is 0.639. The minimum absolute atomic E-state index is 0.0378. The van der Waals surface area contributed by atoms with Gasteiger partial charge in [-0.3, -0.25) is 10.1 Å². The van der Waals surface area contributed by atoms with E-state index in [-0.39, 0.29) is 11.3 Å². The van der Waals surface area contributed by atoms with Crippen LogP contribution in [0.3, 0.4) is 0 Å². The zero-order valence-corrected chi connectivity index (χ0v) is 12.5. The summed E-state index contributed by atoms with van der Waals surface area (Å²) in [5, 5.41) is 23.0. The number of rotatable bonds is 4. The Bertz CT molecular complexity index is 731. The van der Waals surface area contributed by atoms with Crippen molar-refractivity contribution in [2.75, 3.05) is 5.32 Å². The van der Waals surface area contributed by atoms with Crippen molar-refractivity contribution in [3.05, 3.63) is 62.1 Å². The molecular weight excluding hydrogens is 340 g/mol. The Morgan fingerprint density at radius 1 is 1.33 bits per heavy atom. The van der Waals surface area contributed by atoms with Gasteiger partial charge in [-0.2, -0.15) is 0 Å². The van der Waals surface area contributed by atoms with Crippen LogP contribution in [0.5, 0.6) is 0 Å². The van der Waals surface area contributed by atoms with E-state index in [9.17, 15) is 14.9 Å². The molecule has 0 radical (unpaired) electrons. The lowest BCUT2D eigenvalue weighted by Gasteiger charge is -2.12. The van der Waals surface area contributed by atoms with Crippen molar-refractivity contribution in [2.24, 2.45) is 0 Å². The fourth-order valence-electron chi connectivity index (χ4n) is 1.85. The second kappa shape index (κ2) is 5.92. The van der Waals surface area contributed by atoms with Crippen LogP contribution in [0.15, 0.2) is 40.9 Å². The van der Waals surface area contributed by atoms with Crippen LogP contribution in [0.4, 0.5) is 17.1 Å². The topological polar surface area (TPSA) is 92.5 Å². The van der Waals surface area contributed by atoms with Gasteiger partial charge in [0.15, 0.2) is 0 Å². The van der Waals surface area contributed by atoms with E-state index < -0.39 is 10.9 Å². The molecule has 108 valence electrons. The van der Waals surface area contributed by atoms with E-state index in [0.717, 1.165) is 5.56 Å². The highest BCUT2D eigenvalue weighted by Gasteiger charge is 2.17. The molecule has 21 heavy (non-hydrogen) atoms. The first-order valence-electron chi connectivity index (χ1n) is 5.94. The summed E-state index contributed by atoms with van der Waals surface area (Å²) in [4.78, 5) is 21.5. The lowest BCUT2D eigenvalue weighted by atomic mass is 10.1. The number of aromatic carboxylic acids is 1. The molecule has 0 spiro atoms. The molecule has 0 atom stereocenters. The van der Waals surface area contributed by atoms with E-state index in [1.54, 1.807) is 25.1 Å². The lowest BCUT2D eigenvalue weighted by Crippen LogP contribution is -2.01. The molecule has 0 aliphatic carbocycles. The number of hydrogen-bond donors (Lipinski definition) is 2. The number of nitrogens with zero attached hydrogens (tertiary/aromatic N) is 1. The molecule has 0 bridgehead atoms. The monoisotopic (exact) mass is 350 g/mol. The second-order valence-electron chi connectivity index (χ2n) is 4.35. The number of hydrogen-bond acceptors (Lipinski definition) is 4. The summed E-state index contributed by atoms with van der Waals surface area (Å²) < 4.78 is 0.514. The van der Waals surface area contributed by atoms with Crippen molar-refractivity contribution < 1.29 is 14.8 Å². The van der Waals surface area contributed by atoms with Gasteiger partial charge in [-0.05, 0) is 46.6 Å². The first-order valence-corrected chi connectivity index (χ1v) is 6.73. The number of carboxylic acid groups (broad SMARTS) is 1. The first kappa shape index (κ1) is 15.0. The molecule has 0 saturated heterocycles. The maximum absolute atomic E-state index is 11.1. The van der Waals surface area contributed by atoms with Gasteiger partial charge in [0.1, 0.15) is 5.69 Å². The number of aryl methyl sites for hydroxylation is 1. The van der Waals surface area contributed by atoms with Gasteiger partial charge in [-0.1, -0.05) is 12.1 Å². The number of para-hydroxylation sites is 1. The van der Waals surface area contributed by atoms with Crippen LogP contribution in [0.2, 0.25) is 0 Å². The molecule has 7 heteroatoms. The fraction of sp³-hybridized carbons (Fsp3) is 0.0714. The molecule has 0 saturated carbocycles. The van der Waals surface area contributed by atoms with E-state index in [4.69, 9.17) is 5.11 Å². The summed E-state index contributed by atoms with van der Waals surface area (Å²) in [6, 6.07) is 9.21. The highest BCUT2D eigenvalue weighted by atomic mass is 79.9. The van der Waals surface area contributed by atoms with Gasteiger partial charge >= 0.3 is 5.97 Å². The van der Waals surface area contributed by atoms with E-state index in [2.05, 4.69) is 21.2 Å². The molecule has 0 heterocycles. The van der Waals surface area contributed by atoms with Gasteiger partial charge in [0.2, 0.25) is 0 Å². The van der Waals surface area contributed by atoms with Crippen molar-refractivity contribution in [1.82, 2.24) is 0 Å². The molecule has 0 aromatic heterocycles. The van der Waals surface area contributed by atoms with Gasteiger partial charge in [0.25, 0.3) is 5.69 Å². The number of nitrogens with one attached hydrogen (secondary N) is 1. The number of halogens is 1. The standard InChI is InChI=1S/C14H11BrN2O4/c1-8-3-2-4-12(17(20)21)13(8)16-11-6-5-9(14(18)19)7-10(11)15/h2-7,16H,1H3,(H,18,19). The third-order valence-corrected chi connectivity index (χ3v) is 3.58. The van der Waals surface area contributed by atoms with Crippen molar-refractivity contribution in [1.29, 1.82) is 0 Å². The van der Waals surface area contributed by atoms with Gasteiger partial charge in [-0.15, -0.1) is 0 Å². The molecule has 0 fully saturated rings. The van der Waals surface area contributed by atoms with Gasteiger partial charge in [0.05, 0.1) is 16.2 Å². The molecular formula is C14H11BrN2O4. The van der Waals surface area contributed by atoms with Crippen LogP contribution in [0.25, 0.3) is 0 Å². The molecule has 2 N–H and O–H groups in total.